The molecule has 0 aromatic rings. The highest BCUT2D eigenvalue weighted by atomic mass is 32.2. The molecule has 0 bridgehead atoms. The predicted molar refractivity (Wildman–Crippen MR) is 113 cm³/mol. The number of nitrogens with zero attached hydrogens (tertiary/aromatic N) is 2. The summed E-state index contributed by atoms with van der Waals surface area (Å²) in [6.45, 7) is 8.36. The zero-order chi connectivity index (χ0) is 20.9. The molecule has 2 N–H and O–H groups in total. The molecule has 2 amide bonds. The standard InChI is InChI=1S/C21H32N4O3S/c1-20(2,3)15-29(27,28)25-8-5-21(6-9-25)10-18(21)12-23-19(26)24-13-16-4-7-22-11-17(16)14-24/h4,7,11,13,18,22H,5-6,8-10,12,14-15H2,1-3H3,(H,23,26). The summed E-state index contributed by atoms with van der Waals surface area (Å²) in [4.78, 5) is 14.2. The summed E-state index contributed by atoms with van der Waals surface area (Å²) in [5.74, 6) is 0.649. The van der Waals surface area contributed by atoms with Gasteiger partial charge in [0.1, 0.15) is 0 Å². The number of urea groups is 1. The second-order valence-electron chi connectivity index (χ2n) is 10.0. The van der Waals surface area contributed by atoms with Crippen LogP contribution in [-0.4, -0.2) is 55.6 Å². The van der Waals surface area contributed by atoms with Crippen LogP contribution in [0.3, 0.4) is 0 Å². The van der Waals surface area contributed by atoms with Crippen molar-refractivity contribution in [2.75, 3.05) is 31.9 Å². The summed E-state index contributed by atoms with van der Waals surface area (Å²) in [7, 11) is -3.19. The van der Waals surface area contributed by atoms with Gasteiger partial charge in [0.05, 0.1) is 12.3 Å². The first-order valence-corrected chi connectivity index (χ1v) is 12.1. The van der Waals surface area contributed by atoms with Crippen molar-refractivity contribution in [2.45, 2.75) is 40.0 Å². The molecule has 3 heterocycles. The SMILES string of the molecule is CC(C)(C)CS(=O)(=O)N1CCC2(CC1)CC2CNC(=O)N1C=C2C=CNC=C2C1. The number of sulfonamides is 1. The van der Waals surface area contributed by atoms with E-state index in [0.717, 1.165) is 30.4 Å². The Morgan fingerprint density at radius 2 is 2.03 bits per heavy atom. The zero-order valence-electron chi connectivity index (χ0n) is 17.6. The molecule has 4 rings (SSSR count). The number of fused-ring (bicyclic) bond motifs is 1. The average Bonchev–Trinajstić information content (AvgIpc) is 3.11. The van der Waals surface area contributed by atoms with E-state index < -0.39 is 10.0 Å². The van der Waals surface area contributed by atoms with Gasteiger partial charge in [0, 0.05) is 38.2 Å². The predicted octanol–water partition coefficient (Wildman–Crippen LogP) is 2.37. The van der Waals surface area contributed by atoms with E-state index in [1.807, 2.05) is 45.4 Å². The normalized spacial score (nSPS) is 25.9. The van der Waals surface area contributed by atoms with Crippen LogP contribution in [0.1, 0.15) is 40.0 Å². The number of allylic oxidation sites excluding steroid dienone is 1. The molecule has 160 valence electrons. The first kappa shape index (κ1) is 20.5. The van der Waals surface area contributed by atoms with Gasteiger partial charge in [-0.2, -0.15) is 0 Å². The van der Waals surface area contributed by atoms with Gasteiger partial charge >= 0.3 is 6.03 Å². The molecule has 1 saturated carbocycles. The maximum absolute atomic E-state index is 12.6. The van der Waals surface area contributed by atoms with Crippen LogP contribution in [0.2, 0.25) is 0 Å². The number of amides is 2. The minimum atomic E-state index is -3.19. The quantitative estimate of drug-likeness (QED) is 0.732. The van der Waals surface area contributed by atoms with Crippen LogP contribution in [-0.2, 0) is 10.0 Å². The Bertz CT molecular complexity index is 874. The third-order valence-corrected chi connectivity index (χ3v) is 8.85. The summed E-state index contributed by atoms with van der Waals surface area (Å²) < 4.78 is 26.9. The monoisotopic (exact) mass is 420 g/mol. The lowest BCUT2D eigenvalue weighted by atomic mass is 9.92. The van der Waals surface area contributed by atoms with Crippen LogP contribution in [0, 0.1) is 16.7 Å². The van der Waals surface area contributed by atoms with Crippen LogP contribution < -0.4 is 10.6 Å². The number of dihydropyridines is 1. The van der Waals surface area contributed by atoms with Crippen molar-refractivity contribution in [1.82, 2.24) is 19.8 Å². The fourth-order valence-electron chi connectivity index (χ4n) is 4.76. The molecule has 1 saturated heterocycles. The van der Waals surface area contributed by atoms with E-state index in [2.05, 4.69) is 10.6 Å². The fraction of sp³-hybridized carbons (Fsp3) is 0.667. The molecular formula is C21H32N4O3S. The minimum Gasteiger partial charge on any atom is -0.367 e. The van der Waals surface area contributed by atoms with Crippen molar-refractivity contribution in [1.29, 1.82) is 0 Å². The van der Waals surface area contributed by atoms with Gasteiger partial charge in [-0.25, -0.2) is 17.5 Å². The van der Waals surface area contributed by atoms with Gasteiger partial charge in [0.25, 0.3) is 0 Å². The van der Waals surface area contributed by atoms with Crippen molar-refractivity contribution < 1.29 is 13.2 Å². The van der Waals surface area contributed by atoms with Gasteiger partial charge in [0.15, 0.2) is 0 Å². The Kier molecular flexibility index (Phi) is 5.06. The number of piperidine rings is 1. The van der Waals surface area contributed by atoms with Crippen LogP contribution in [0.5, 0.6) is 0 Å². The number of carbonyl (C=O) groups excluding carboxylic acids is 1. The molecule has 2 fully saturated rings. The fourth-order valence-corrected chi connectivity index (χ4v) is 6.78. The highest BCUT2D eigenvalue weighted by molar-refractivity contribution is 7.89. The summed E-state index contributed by atoms with van der Waals surface area (Å²) in [5.41, 5.74) is 2.18. The number of hydrogen-bond acceptors (Lipinski definition) is 4. The van der Waals surface area contributed by atoms with Gasteiger partial charge in [-0.1, -0.05) is 20.8 Å². The van der Waals surface area contributed by atoms with E-state index in [4.69, 9.17) is 0 Å². The summed E-state index contributed by atoms with van der Waals surface area (Å²) >= 11 is 0. The van der Waals surface area contributed by atoms with E-state index in [-0.39, 0.29) is 22.6 Å². The molecule has 1 aliphatic carbocycles. The highest BCUT2D eigenvalue weighted by Crippen LogP contribution is 2.59. The Balaban J connectivity index is 1.24. The molecule has 1 spiro atoms. The van der Waals surface area contributed by atoms with Crippen molar-refractivity contribution in [2.24, 2.45) is 16.7 Å². The first-order chi connectivity index (χ1) is 13.6. The van der Waals surface area contributed by atoms with Crippen molar-refractivity contribution in [3.05, 3.63) is 35.8 Å². The number of nitrogens with one attached hydrogen (secondary N) is 2. The number of hydrogen-bond donors (Lipinski definition) is 2. The topological polar surface area (TPSA) is 81.8 Å². The second kappa shape index (κ2) is 7.16. The molecule has 29 heavy (non-hydrogen) atoms. The van der Waals surface area contributed by atoms with E-state index in [1.54, 1.807) is 9.21 Å². The third kappa shape index (κ3) is 4.38. The molecule has 4 aliphatic rings. The lowest BCUT2D eigenvalue weighted by Crippen LogP contribution is -2.43. The third-order valence-electron chi connectivity index (χ3n) is 6.47. The van der Waals surface area contributed by atoms with E-state index in [9.17, 15) is 13.2 Å². The Morgan fingerprint density at radius 1 is 1.31 bits per heavy atom. The molecule has 1 atom stereocenters. The average molecular weight is 421 g/mol. The van der Waals surface area contributed by atoms with E-state index >= 15 is 0 Å². The largest absolute Gasteiger partial charge is 0.367 e. The molecule has 0 aromatic heterocycles. The maximum atomic E-state index is 12.6. The van der Waals surface area contributed by atoms with Crippen LogP contribution in [0.4, 0.5) is 4.79 Å². The Morgan fingerprint density at radius 3 is 2.69 bits per heavy atom. The van der Waals surface area contributed by atoms with Crippen molar-refractivity contribution in [3.63, 3.8) is 0 Å². The number of rotatable bonds is 4. The van der Waals surface area contributed by atoms with Gasteiger partial charge in [0.2, 0.25) is 10.0 Å². The van der Waals surface area contributed by atoms with Gasteiger partial charge < -0.3 is 10.6 Å². The molecule has 0 aromatic carbocycles. The molecule has 1 unspecified atom stereocenters. The molecule has 0 radical (unpaired) electrons. The van der Waals surface area contributed by atoms with Crippen LogP contribution >= 0.6 is 0 Å². The first-order valence-electron chi connectivity index (χ1n) is 10.4. The van der Waals surface area contributed by atoms with Crippen molar-refractivity contribution >= 4 is 16.1 Å². The summed E-state index contributed by atoms with van der Waals surface area (Å²) in [5, 5.41) is 6.13. The lowest BCUT2D eigenvalue weighted by molar-refractivity contribution is 0.214. The van der Waals surface area contributed by atoms with Crippen LogP contribution in [0.25, 0.3) is 0 Å². The highest BCUT2D eigenvalue weighted by Gasteiger charge is 2.55. The lowest BCUT2D eigenvalue weighted by Gasteiger charge is -2.34. The Hall–Kier alpha value is -1.80. The van der Waals surface area contributed by atoms with Gasteiger partial charge in [-0.05, 0) is 53.2 Å². The van der Waals surface area contributed by atoms with Crippen LogP contribution in [0.15, 0.2) is 35.8 Å². The van der Waals surface area contributed by atoms with E-state index in [0.29, 0.717) is 32.1 Å². The molecule has 7 nitrogen and oxygen atoms in total. The summed E-state index contributed by atoms with van der Waals surface area (Å²) in [6, 6.07) is -0.0616. The molecule has 8 heteroatoms. The Labute approximate surface area is 173 Å². The maximum Gasteiger partial charge on any atom is 0.321 e. The zero-order valence-corrected chi connectivity index (χ0v) is 18.4. The molecule has 3 aliphatic heterocycles. The smallest absolute Gasteiger partial charge is 0.321 e. The summed E-state index contributed by atoms with van der Waals surface area (Å²) in [6.07, 6.45) is 10.5. The number of carbonyl (C=O) groups is 1. The van der Waals surface area contributed by atoms with Gasteiger partial charge in [-0.3, -0.25) is 4.90 Å². The van der Waals surface area contributed by atoms with Crippen molar-refractivity contribution in [3.8, 4) is 0 Å². The second-order valence-corrected chi connectivity index (χ2v) is 12.0. The molecular weight excluding hydrogens is 388 g/mol. The minimum absolute atomic E-state index is 0.0616. The van der Waals surface area contributed by atoms with Gasteiger partial charge in [-0.15, -0.1) is 0 Å². The van der Waals surface area contributed by atoms with E-state index in [1.165, 1.54) is 0 Å².